The fourth-order valence-corrected chi connectivity index (χ4v) is 3.67. The third-order valence-corrected chi connectivity index (χ3v) is 4.68. The molecule has 3 rings (SSSR count). The van der Waals surface area contributed by atoms with Gasteiger partial charge in [-0.25, -0.2) is 4.68 Å². The zero-order chi connectivity index (χ0) is 12.9. The van der Waals surface area contributed by atoms with Gasteiger partial charge in [0.1, 0.15) is 5.82 Å². The first-order chi connectivity index (χ1) is 8.56. The summed E-state index contributed by atoms with van der Waals surface area (Å²) in [6, 6.07) is 0.960. The Balaban J connectivity index is 1.84. The van der Waals surface area contributed by atoms with E-state index in [9.17, 15) is 0 Å². The fourth-order valence-electron chi connectivity index (χ4n) is 3.67. The summed E-state index contributed by atoms with van der Waals surface area (Å²) in [7, 11) is 0. The lowest BCUT2D eigenvalue weighted by molar-refractivity contribution is 0.433. The van der Waals surface area contributed by atoms with Crippen molar-refractivity contribution in [2.24, 2.45) is 11.8 Å². The fraction of sp³-hybridized carbons (Fsp3) is 0.786. The summed E-state index contributed by atoms with van der Waals surface area (Å²) in [6.45, 7) is 6.29. The molecule has 0 amide bonds. The van der Waals surface area contributed by atoms with E-state index in [2.05, 4.69) is 24.3 Å². The molecule has 1 aromatic heterocycles. The van der Waals surface area contributed by atoms with Crippen LogP contribution in [0, 0.1) is 18.8 Å². The van der Waals surface area contributed by atoms with Crippen LogP contribution in [0.5, 0.6) is 0 Å². The van der Waals surface area contributed by atoms with Crippen molar-refractivity contribution in [2.45, 2.75) is 58.5 Å². The molecule has 3 atom stereocenters. The van der Waals surface area contributed by atoms with Crippen LogP contribution < -0.4 is 11.1 Å². The van der Waals surface area contributed by atoms with Crippen LogP contribution in [0.4, 0.5) is 11.5 Å². The number of fused-ring (bicyclic) bond motifs is 2. The standard InChI is InChI=1S/C14H24N4/c1-8(2)18-14(13(15)9(3)17-18)16-12-7-10-4-5-11(12)6-10/h8,10-12,16H,4-7,15H2,1-3H3. The van der Waals surface area contributed by atoms with Gasteiger partial charge in [0, 0.05) is 12.1 Å². The van der Waals surface area contributed by atoms with E-state index in [1.807, 2.05) is 11.6 Å². The largest absolute Gasteiger partial charge is 0.394 e. The number of aryl methyl sites for hydroxylation is 1. The Morgan fingerprint density at radius 3 is 2.67 bits per heavy atom. The van der Waals surface area contributed by atoms with Crippen molar-refractivity contribution >= 4 is 11.5 Å². The molecule has 0 spiro atoms. The molecule has 2 fully saturated rings. The quantitative estimate of drug-likeness (QED) is 0.864. The Morgan fingerprint density at radius 1 is 1.33 bits per heavy atom. The number of nitrogens with one attached hydrogen (secondary N) is 1. The highest BCUT2D eigenvalue weighted by molar-refractivity contribution is 5.65. The van der Waals surface area contributed by atoms with Gasteiger partial charge < -0.3 is 11.1 Å². The Bertz CT molecular complexity index is 449. The first-order valence-electron chi connectivity index (χ1n) is 7.17. The van der Waals surface area contributed by atoms with Gasteiger partial charge in [-0.2, -0.15) is 5.10 Å². The second-order valence-electron chi connectivity index (χ2n) is 6.31. The SMILES string of the molecule is Cc1nn(C(C)C)c(NC2CC3CCC2C3)c1N. The van der Waals surface area contributed by atoms with Gasteiger partial charge in [0.2, 0.25) is 0 Å². The van der Waals surface area contributed by atoms with Crippen LogP contribution in [0.1, 0.15) is 51.3 Å². The van der Waals surface area contributed by atoms with Crippen molar-refractivity contribution in [2.75, 3.05) is 11.1 Å². The predicted molar refractivity (Wildman–Crippen MR) is 74.6 cm³/mol. The topological polar surface area (TPSA) is 55.9 Å². The Hall–Kier alpha value is -1.19. The van der Waals surface area contributed by atoms with Gasteiger partial charge in [-0.3, -0.25) is 0 Å². The molecule has 18 heavy (non-hydrogen) atoms. The molecule has 4 nitrogen and oxygen atoms in total. The number of hydrogen-bond acceptors (Lipinski definition) is 3. The second kappa shape index (κ2) is 4.18. The molecule has 2 aliphatic rings. The van der Waals surface area contributed by atoms with E-state index in [4.69, 9.17) is 5.73 Å². The van der Waals surface area contributed by atoms with Crippen molar-refractivity contribution in [3.8, 4) is 0 Å². The summed E-state index contributed by atoms with van der Waals surface area (Å²) >= 11 is 0. The molecule has 0 radical (unpaired) electrons. The predicted octanol–water partition coefficient (Wildman–Crippen LogP) is 2.96. The molecule has 2 bridgehead atoms. The minimum atomic E-state index is 0.349. The average Bonchev–Trinajstić information content (AvgIpc) is 2.99. The van der Waals surface area contributed by atoms with Crippen LogP contribution in [0.2, 0.25) is 0 Å². The second-order valence-corrected chi connectivity index (χ2v) is 6.31. The molecule has 0 saturated heterocycles. The maximum atomic E-state index is 6.17. The van der Waals surface area contributed by atoms with E-state index < -0.39 is 0 Å². The molecule has 2 saturated carbocycles. The molecular formula is C14H24N4. The summed E-state index contributed by atoms with van der Waals surface area (Å²) in [5.74, 6) is 2.84. The normalized spacial score (nSPS) is 30.3. The van der Waals surface area contributed by atoms with E-state index in [0.717, 1.165) is 29.0 Å². The highest BCUT2D eigenvalue weighted by atomic mass is 15.4. The summed E-state index contributed by atoms with van der Waals surface area (Å²) in [6.07, 6.45) is 5.54. The van der Waals surface area contributed by atoms with E-state index in [1.54, 1.807) is 0 Å². The lowest BCUT2D eigenvalue weighted by Gasteiger charge is -2.25. The van der Waals surface area contributed by atoms with Gasteiger partial charge in [0.15, 0.2) is 0 Å². The molecule has 0 aliphatic heterocycles. The molecule has 1 heterocycles. The van der Waals surface area contributed by atoms with E-state index in [1.165, 1.54) is 25.7 Å². The van der Waals surface area contributed by atoms with Gasteiger partial charge in [-0.05, 0) is 51.9 Å². The molecule has 4 heteroatoms. The smallest absolute Gasteiger partial charge is 0.148 e. The number of nitrogens with zero attached hydrogens (tertiary/aromatic N) is 2. The number of nitrogen functional groups attached to an aromatic ring is 1. The van der Waals surface area contributed by atoms with Crippen molar-refractivity contribution in [3.63, 3.8) is 0 Å². The van der Waals surface area contributed by atoms with Gasteiger partial charge >= 0.3 is 0 Å². The lowest BCUT2D eigenvalue weighted by Crippen LogP contribution is -2.28. The van der Waals surface area contributed by atoms with Crippen LogP contribution in [0.25, 0.3) is 0 Å². The average molecular weight is 248 g/mol. The number of anilines is 2. The molecule has 3 unspecified atom stereocenters. The van der Waals surface area contributed by atoms with Crippen LogP contribution >= 0.6 is 0 Å². The van der Waals surface area contributed by atoms with Gasteiger partial charge in [-0.15, -0.1) is 0 Å². The Kier molecular flexibility index (Phi) is 2.76. The third-order valence-electron chi connectivity index (χ3n) is 4.68. The van der Waals surface area contributed by atoms with E-state index >= 15 is 0 Å². The number of hydrogen-bond donors (Lipinski definition) is 2. The Labute approximate surface area is 109 Å². The monoisotopic (exact) mass is 248 g/mol. The lowest BCUT2D eigenvalue weighted by atomic mass is 9.95. The number of aromatic nitrogens is 2. The highest BCUT2D eigenvalue weighted by Crippen LogP contribution is 2.46. The zero-order valence-corrected chi connectivity index (χ0v) is 11.6. The van der Waals surface area contributed by atoms with Crippen LogP contribution in [-0.2, 0) is 0 Å². The van der Waals surface area contributed by atoms with Crippen molar-refractivity contribution in [1.82, 2.24) is 9.78 Å². The molecule has 1 aromatic rings. The van der Waals surface area contributed by atoms with Gasteiger partial charge in [0.25, 0.3) is 0 Å². The van der Waals surface area contributed by atoms with Gasteiger partial charge in [0.05, 0.1) is 11.4 Å². The summed E-state index contributed by atoms with van der Waals surface area (Å²) in [5.41, 5.74) is 7.94. The van der Waals surface area contributed by atoms with E-state index in [0.29, 0.717) is 12.1 Å². The van der Waals surface area contributed by atoms with Crippen LogP contribution in [0.15, 0.2) is 0 Å². The Morgan fingerprint density at radius 2 is 2.11 bits per heavy atom. The van der Waals surface area contributed by atoms with Crippen molar-refractivity contribution < 1.29 is 0 Å². The van der Waals surface area contributed by atoms with Crippen molar-refractivity contribution in [3.05, 3.63) is 5.69 Å². The summed E-state index contributed by atoms with van der Waals surface area (Å²) < 4.78 is 2.04. The van der Waals surface area contributed by atoms with Gasteiger partial charge in [-0.1, -0.05) is 6.42 Å². The maximum Gasteiger partial charge on any atom is 0.148 e. The first-order valence-corrected chi connectivity index (χ1v) is 7.17. The zero-order valence-electron chi connectivity index (χ0n) is 11.6. The molecule has 100 valence electrons. The molecule has 2 aliphatic carbocycles. The third kappa shape index (κ3) is 1.78. The van der Waals surface area contributed by atoms with Crippen LogP contribution in [0.3, 0.4) is 0 Å². The summed E-state index contributed by atoms with van der Waals surface area (Å²) in [4.78, 5) is 0. The first kappa shape index (κ1) is 11.9. The maximum absolute atomic E-state index is 6.17. The highest BCUT2D eigenvalue weighted by Gasteiger charge is 2.40. The minimum absolute atomic E-state index is 0.349. The minimum Gasteiger partial charge on any atom is -0.394 e. The van der Waals surface area contributed by atoms with Crippen LogP contribution in [-0.4, -0.2) is 15.8 Å². The molecule has 0 aromatic carbocycles. The van der Waals surface area contributed by atoms with Crippen molar-refractivity contribution in [1.29, 1.82) is 0 Å². The van der Waals surface area contributed by atoms with E-state index in [-0.39, 0.29) is 0 Å². The number of nitrogens with two attached hydrogens (primary N) is 1. The number of rotatable bonds is 3. The molecule has 3 N–H and O–H groups in total. The molecular weight excluding hydrogens is 224 g/mol. The summed E-state index contributed by atoms with van der Waals surface area (Å²) in [5, 5.41) is 8.23.